The number of fused-ring (bicyclic) bond motifs is 1. The minimum absolute atomic E-state index is 0.202. The molecule has 0 unspecified atom stereocenters. The molecule has 2 N–H and O–H groups in total. The van der Waals surface area contributed by atoms with Crippen LogP contribution in [0, 0.1) is 0 Å². The first-order valence-electron chi connectivity index (χ1n) is 7.23. The lowest BCUT2D eigenvalue weighted by atomic mass is 10.1. The van der Waals surface area contributed by atoms with E-state index in [-0.39, 0.29) is 6.61 Å². The van der Waals surface area contributed by atoms with Crippen molar-refractivity contribution in [2.75, 3.05) is 5.32 Å². The normalized spacial score (nSPS) is 11.5. The average Bonchev–Trinajstić information content (AvgIpc) is 3.01. The molecule has 6 nitrogen and oxygen atoms in total. The summed E-state index contributed by atoms with van der Waals surface area (Å²) in [6, 6.07) is 14.9. The van der Waals surface area contributed by atoms with Crippen LogP contribution in [-0.2, 0) is 11.3 Å². The third kappa shape index (κ3) is 3.69. The van der Waals surface area contributed by atoms with Crippen LogP contribution in [0.2, 0.25) is 0 Å². The monoisotopic (exact) mass is 341 g/mol. The van der Waals surface area contributed by atoms with Crippen molar-refractivity contribution in [2.45, 2.75) is 13.5 Å². The molecule has 3 aromatic rings. The summed E-state index contributed by atoms with van der Waals surface area (Å²) in [5.41, 5.74) is 2.99. The number of carbonyl (C=O) groups is 1. The average molecular weight is 341 g/mol. The first kappa shape index (κ1) is 15.9. The van der Waals surface area contributed by atoms with Gasteiger partial charge in [-0.3, -0.25) is 5.32 Å². The molecular formula is C17H15N3O3S. The predicted molar refractivity (Wildman–Crippen MR) is 93.9 cm³/mol. The van der Waals surface area contributed by atoms with Gasteiger partial charge in [0.15, 0.2) is 5.13 Å². The van der Waals surface area contributed by atoms with Crippen molar-refractivity contribution >= 4 is 38.5 Å². The second-order valence-electron chi connectivity index (χ2n) is 5.07. The van der Waals surface area contributed by atoms with Crippen LogP contribution in [0.4, 0.5) is 9.93 Å². The van der Waals surface area contributed by atoms with Gasteiger partial charge in [0.2, 0.25) is 0 Å². The van der Waals surface area contributed by atoms with Gasteiger partial charge in [-0.1, -0.05) is 52.9 Å². The second kappa shape index (κ2) is 7.10. The molecule has 0 aliphatic heterocycles. The van der Waals surface area contributed by atoms with Crippen LogP contribution in [0.3, 0.4) is 0 Å². The SMILES string of the molecule is C/C(=N\O)c1ccc2nc(NC(=O)OCc3ccccc3)sc2c1. The Balaban J connectivity index is 1.67. The number of oxime groups is 1. The maximum atomic E-state index is 11.9. The lowest BCUT2D eigenvalue weighted by Gasteiger charge is -2.04. The quantitative estimate of drug-likeness (QED) is 0.422. The van der Waals surface area contributed by atoms with Gasteiger partial charge in [-0.25, -0.2) is 9.78 Å². The van der Waals surface area contributed by atoms with Crippen LogP contribution in [0.15, 0.2) is 53.7 Å². The summed E-state index contributed by atoms with van der Waals surface area (Å²) in [5, 5.41) is 15.1. The maximum Gasteiger partial charge on any atom is 0.413 e. The van der Waals surface area contributed by atoms with Crippen molar-refractivity contribution in [1.82, 2.24) is 4.98 Å². The Morgan fingerprint density at radius 3 is 2.83 bits per heavy atom. The van der Waals surface area contributed by atoms with Crippen LogP contribution in [-0.4, -0.2) is 22.0 Å². The molecule has 0 radical (unpaired) electrons. The summed E-state index contributed by atoms with van der Waals surface area (Å²) in [7, 11) is 0. The number of anilines is 1. The molecule has 0 aliphatic rings. The number of amides is 1. The first-order chi connectivity index (χ1) is 11.7. The highest BCUT2D eigenvalue weighted by molar-refractivity contribution is 7.22. The van der Waals surface area contributed by atoms with Crippen LogP contribution in [0.25, 0.3) is 10.2 Å². The van der Waals surface area contributed by atoms with Crippen LogP contribution < -0.4 is 5.32 Å². The number of carbonyl (C=O) groups excluding carboxylic acids is 1. The fourth-order valence-electron chi connectivity index (χ4n) is 2.11. The van der Waals surface area contributed by atoms with Crippen molar-refractivity contribution in [3.05, 3.63) is 59.7 Å². The second-order valence-corrected chi connectivity index (χ2v) is 6.10. The van der Waals surface area contributed by atoms with E-state index in [2.05, 4.69) is 15.5 Å². The van der Waals surface area contributed by atoms with Gasteiger partial charge in [-0.2, -0.15) is 0 Å². The zero-order valence-corrected chi connectivity index (χ0v) is 13.7. The van der Waals surface area contributed by atoms with Crippen molar-refractivity contribution in [3.8, 4) is 0 Å². The smallest absolute Gasteiger partial charge is 0.413 e. The van der Waals surface area contributed by atoms with Gasteiger partial charge >= 0.3 is 6.09 Å². The van der Waals surface area contributed by atoms with E-state index in [1.165, 1.54) is 11.3 Å². The topological polar surface area (TPSA) is 83.8 Å². The largest absolute Gasteiger partial charge is 0.444 e. The van der Waals surface area contributed by atoms with Crippen LogP contribution >= 0.6 is 11.3 Å². The highest BCUT2D eigenvalue weighted by atomic mass is 32.1. The summed E-state index contributed by atoms with van der Waals surface area (Å²) >= 11 is 1.33. The van der Waals surface area contributed by atoms with E-state index in [4.69, 9.17) is 9.94 Å². The number of thiazole rings is 1. The summed E-state index contributed by atoms with van der Waals surface area (Å²) in [5.74, 6) is 0. The Morgan fingerprint density at radius 1 is 1.29 bits per heavy atom. The van der Waals surface area contributed by atoms with E-state index in [0.29, 0.717) is 10.8 Å². The Morgan fingerprint density at radius 2 is 2.08 bits per heavy atom. The van der Waals surface area contributed by atoms with Gasteiger partial charge in [0, 0.05) is 5.56 Å². The third-order valence-corrected chi connectivity index (χ3v) is 4.31. The molecular weight excluding hydrogens is 326 g/mol. The minimum Gasteiger partial charge on any atom is -0.444 e. The molecule has 0 spiro atoms. The lowest BCUT2D eigenvalue weighted by molar-refractivity contribution is 0.155. The molecule has 7 heteroatoms. The molecule has 0 bridgehead atoms. The number of hydrogen-bond donors (Lipinski definition) is 2. The Bertz CT molecular complexity index is 890. The molecule has 1 amide bonds. The molecule has 0 aliphatic carbocycles. The number of rotatable bonds is 4. The molecule has 1 aromatic heterocycles. The summed E-state index contributed by atoms with van der Waals surface area (Å²) < 4.78 is 6.06. The zero-order valence-electron chi connectivity index (χ0n) is 12.9. The summed E-state index contributed by atoms with van der Waals surface area (Å²) in [6.07, 6.45) is -0.550. The van der Waals surface area contributed by atoms with Crippen LogP contribution in [0.1, 0.15) is 18.1 Å². The van der Waals surface area contributed by atoms with E-state index in [1.54, 1.807) is 6.92 Å². The van der Waals surface area contributed by atoms with Crippen molar-refractivity contribution in [3.63, 3.8) is 0 Å². The molecule has 2 aromatic carbocycles. The molecule has 0 fully saturated rings. The molecule has 24 heavy (non-hydrogen) atoms. The van der Waals surface area contributed by atoms with Gasteiger partial charge in [-0.15, -0.1) is 0 Å². The van der Waals surface area contributed by atoms with E-state index >= 15 is 0 Å². The lowest BCUT2D eigenvalue weighted by Crippen LogP contribution is -2.13. The number of ether oxygens (including phenoxy) is 1. The standard InChI is InChI=1S/C17H15N3O3S/c1-11(20-22)13-7-8-14-15(9-13)24-16(18-14)19-17(21)23-10-12-5-3-2-4-6-12/h2-9,22H,10H2,1H3,(H,18,19,21)/b20-11+. The molecule has 0 atom stereocenters. The Labute approximate surface area is 142 Å². The molecule has 122 valence electrons. The highest BCUT2D eigenvalue weighted by Gasteiger charge is 2.10. The summed E-state index contributed by atoms with van der Waals surface area (Å²) in [4.78, 5) is 16.2. The first-order valence-corrected chi connectivity index (χ1v) is 8.04. The number of nitrogens with zero attached hydrogens (tertiary/aromatic N) is 2. The number of nitrogens with one attached hydrogen (secondary N) is 1. The Kier molecular flexibility index (Phi) is 4.72. The van der Waals surface area contributed by atoms with Gasteiger partial charge in [0.1, 0.15) is 6.61 Å². The van der Waals surface area contributed by atoms with Crippen LogP contribution in [0.5, 0.6) is 0 Å². The van der Waals surface area contributed by atoms with Gasteiger partial charge in [0.25, 0.3) is 0 Å². The molecule has 0 saturated carbocycles. The number of hydrogen-bond acceptors (Lipinski definition) is 6. The van der Waals surface area contributed by atoms with E-state index in [1.807, 2.05) is 48.5 Å². The number of benzene rings is 2. The van der Waals surface area contributed by atoms with Gasteiger partial charge < -0.3 is 9.94 Å². The fraction of sp³-hybridized carbons (Fsp3) is 0.118. The maximum absolute atomic E-state index is 11.9. The van der Waals surface area contributed by atoms with E-state index in [9.17, 15) is 4.79 Å². The third-order valence-electron chi connectivity index (χ3n) is 3.38. The van der Waals surface area contributed by atoms with Crippen molar-refractivity contribution in [2.24, 2.45) is 5.16 Å². The zero-order chi connectivity index (χ0) is 16.9. The van der Waals surface area contributed by atoms with Crippen molar-refractivity contribution in [1.29, 1.82) is 0 Å². The summed E-state index contributed by atoms with van der Waals surface area (Å²) in [6.45, 7) is 1.91. The Hall–Kier alpha value is -2.93. The fourth-order valence-corrected chi connectivity index (χ4v) is 3.00. The van der Waals surface area contributed by atoms with Gasteiger partial charge in [0.05, 0.1) is 15.9 Å². The minimum atomic E-state index is -0.550. The molecule has 0 saturated heterocycles. The molecule has 3 rings (SSSR count). The highest BCUT2D eigenvalue weighted by Crippen LogP contribution is 2.27. The number of aromatic nitrogens is 1. The van der Waals surface area contributed by atoms with E-state index < -0.39 is 6.09 Å². The predicted octanol–water partition coefficient (Wildman–Crippen LogP) is 4.24. The van der Waals surface area contributed by atoms with Crippen molar-refractivity contribution < 1.29 is 14.7 Å². The van der Waals surface area contributed by atoms with E-state index in [0.717, 1.165) is 21.3 Å². The van der Waals surface area contributed by atoms with Gasteiger partial charge in [-0.05, 0) is 24.6 Å². The molecule has 1 heterocycles.